The van der Waals surface area contributed by atoms with E-state index in [9.17, 15) is 0 Å². The third kappa shape index (κ3) is 18.9. The molecule has 702 valence electrons. The minimum absolute atomic E-state index is 0. The van der Waals surface area contributed by atoms with Crippen LogP contribution < -0.4 is 62.8 Å². The van der Waals surface area contributed by atoms with Gasteiger partial charge in [0.05, 0.1) is 124 Å². The maximum Gasteiger partial charge on any atom is 1.00 e. The van der Waals surface area contributed by atoms with Crippen LogP contribution in [0, 0.1) is 20.8 Å². The van der Waals surface area contributed by atoms with Gasteiger partial charge in [-0.3, -0.25) is 0 Å². The van der Waals surface area contributed by atoms with Crippen LogP contribution in [0.3, 0.4) is 0 Å². The van der Waals surface area contributed by atoms with Crippen LogP contribution in [-0.2, 0) is 79.2 Å². The number of fused-ring (bicyclic) bond motifs is 13. The monoisotopic (exact) mass is 2650 g/mol. The summed E-state index contributed by atoms with van der Waals surface area (Å²) in [5, 5.41) is 47.5. The Balaban J connectivity index is 0.000000121. The van der Waals surface area contributed by atoms with Gasteiger partial charge in [-0.25, -0.2) is 39.9 Å². The summed E-state index contributed by atoms with van der Waals surface area (Å²) >= 11 is 0. The molecule has 144 heavy (non-hydrogen) atoms. The van der Waals surface area contributed by atoms with Gasteiger partial charge in [0.1, 0.15) is 42.4 Å². The number of aryl methyl sites for hydroxylation is 3. The van der Waals surface area contributed by atoms with E-state index in [1.54, 1.807) is 6.20 Å². The number of nitrogens with zero attached hydrogens (tertiary/aromatic N) is 16. The first kappa shape index (κ1) is 99.5. The average molecular weight is 2640 g/mol. The molecule has 14 aromatic carbocycles. The largest absolute Gasteiger partial charge is 1.00 e. The van der Waals surface area contributed by atoms with Crippen LogP contribution in [0.25, 0.3) is 203 Å². The molecule has 4 unspecified atom stereocenters. The van der Waals surface area contributed by atoms with E-state index in [-0.39, 0.29) is 84.3 Å². The Hall–Kier alpha value is -13.2. The third-order valence-electron chi connectivity index (χ3n) is 26.7. The number of rotatable bonds is 13. The zero-order chi connectivity index (χ0) is 94.8. The first-order chi connectivity index (χ1) is 68.6. The Morgan fingerprint density at radius 2 is 0.569 bits per heavy atom. The summed E-state index contributed by atoms with van der Waals surface area (Å²) in [6, 6.07) is 131. The van der Waals surface area contributed by atoms with Crippen molar-refractivity contribution in [2.24, 2.45) is 0 Å². The molecule has 26 rings (SSSR count). The Morgan fingerprint density at radius 3 is 0.958 bits per heavy atom. The predicted octanol–water partition coefficient (Wildman–Crippen LogP) is 23.3. The van der Waals surface area contributed by atoms with Crippen LogP contribution in [0.1, 0.15) is 37.9 Å². The van der Waals surface area contributed by atoms with E-state index in [2.05, 4.69) is 330 Å². The van der Waals surface area contributed by atoms with Gasteiger partial charge in [0.15, 0.2) is 23.3 Å². The fraction of sp³-hybridized carbons (Fsp3) is 0.0833. The molecule has 8 aromatic heterocycles. The first-order valence-corrected chi connectivity index (χ1v) is 54.5. The summed E-state index contributed by atoms with van der Waals surface area (Å²) < 4.78 is 0. The molecule has 0 spiro atoms. The molecular weight excluding hydrogens is 2550 g/mol. The molecule has 0 aliphatic carbocycles. The quantitative estimate of drug-likeness (QED) is 0.0982. The number of aromatic nitrogens is 16. The van der Waals surface area contributed by atoms with Gasteiger partial charge >= 0.3 is 79.2 Å². The molecule has 24 heteroatoms. The van der Waals surface area contributed by atoms with Crippen LogP contribution in [0.4, 0.5) is 0 Å². The summed E-state index contributed by atoms with van der Waals surface area (Å²) in [5.74, 6) is 2.97. The minimum atomic E-state index is -1.13. The van der Waals surface area contributed by atoms with Gasteiger partial charge in [-0.2, -0.15) is 0 Å². The molecule has 4 aliphatic heterocycles. The molecule has 4 aliphatic rings. The van der Waals surface area contributed by atoms with E-state index in [1.165, 1.54) is 86.9 Å². The SMILES string of the molecule is C[PH+]1c2ccccc2-c2cccc(-c3nc(-c4ccn[n-]4)c4ccccc4n3)c21.Cc1cc(-c2cc(-c3ccccc3)nc(-c3cccc4c3[PH+](C)c3ccccc3-4)n2)[n-]n1.Cc1n[n-]c(-c2cc(-c3ccccc3)nc(-c3cccc4c3[PH+](C(C)(C)C)c3ccccc3-4)n2)c1-c1ccccc1.Cc1n[n-]c(-c2cc(-c3ccccc3)nc(-c3cccc4c3[PH+](C)c3ccccc3-4)n2)c1-c1ccccc1.[Os+].[Os+].[Os+].[Os+]. The molecule has 22 aromatic rings. The average Bonchev–Trinajstić information content (AvgIpc) is 1.58. The minimum Gasteiger partial charge on any atom is -0.574 e. The van der Waals surface area contributed by atoms with Crippen molar-refractivity contribution < 1.29 is 79.2 Å². The molecule has 0 N–H and O–H groups in total. The van der Waals surface area contributed by atoms with Crippen LogP contribution in [0.5, 0.6) is 0 Å². The number of hydrogen-bond donors (Lipinski definition) is 0. The summed E-state index contributed by atoms with van der Waals surface area (Å²) in [7, 11) is -3.86. The summed E-state index contributed by atoms with van der Waals surface area (Å²) in [6.45, 7) is 20.2. The van der Waals surface area contributed by atoms with Crippen molar-refractivity contribution in [1.29, 1.82) is 0 Å². The molecule has 12 heterocycles. The fourth-order valence-electron chi connectivity index (χ4n) is 20.4. The van der Waals surface area contributed by atoms with E-state index in [0.29, 0.717) is 0 Å². The van der Waals surface area contributed by atoms with Crippen LogP contribution >= 0.6 is 31.7 Å². The van der Waals surface area contributed by atoms with Crippen molar-refractivity contribution in [3.8, 4) is 192 Å². The van der Waals surface area contributed by atoms with Crippen molar-refractivity contribution in [3.63, 3.8) is 0 Å². The molecular formula is C120H94N16Os4P4+4. The topological polar surface area (TPSA) is 211 Å². The van der Waals surface area contributed by atoms with Gasteiger partial charge in [0.2, 0.25) is 0 Å². The standard InChI is InChI=1S/C36H30N4P.C33H24N4P.C27H20N4P.C24H16N4P.4Os/c1-23-32(25-16-9-6-10-17-25)33(40-39-23)30-22-29(24-14-7-5-8-15-24)37-35(38-30)28-20-13-19-27-26-18-11-12-21-31(26)41(34(27)28)36(2,3)4;1-21-30(23-14-7-4-8-15-23)31(37-36-21)28-20-27(22-12-5-3-6-13-22)34-33(35-28)26-18-11-17-25-24-16-9-10-19-29(24)38(2)32(25)26;1-17-15-24(31-30-17)23-16-22(18-9-4-3-5-10-18)28-27(29-23)21-13-8-12-20-19-11-6-7-14-25(19)32(2)26(20)21;1-29-21-12-5-3-7-15(21)16-9-6-10-18(23(16)29)24-26-19-11-4-2-8-17(19)22(27-24)20-13-14-25-28-20;;;;/h5-22H,1-4H3;3-20H,1-2H3;3-16H,1-2H3;2-14H,1H3;;;;/q4*-1;4*+1/p+4. The van der Waals surface area contributed by atoms with E-state index < -0.39 is 31.7 Å². The number of hydrogen-bond acceptors (Lipinski definition) is 12. The van der Waals surface area contributed by atoms with Crippen LogP contribution in [0.2, 0.25) is 0 Å². The Morgan fingerprint density at radius 1 is 0.250 bits per heavy atom. The van der Waals surface area contributed by atoms with Gasteiger partial charge in [-0.15, -0.1) is 0 Å². The van der Waals surface area contributed by atoms with Gasteiger partial charge < -0.3 is 40.8 Å². The van der Waals surface area contributed by atoms with Crippen molar-refractivity contribution in [2.75, 3.05) is 20.0 Å². The molecule has 0 bridgehead atoms. The van der Waals surface area contributed by atoms with Crippen molar-refractivity contribution >= 4 is 85.0 Å². The summed E-state index contributed by atoms with van der Waals surface area (Å²) in [4.78, 5) is 40.8. The molecule has 0 saturated heterocycles. The van der Waals surface area contributed by atoms with E-state index in [0.717, 1.165) is 175 Å². The molecule has 0 fully saturated rings. The Kier molecular flexibility index (Phi) is 29.4. The smallest absolute Gasteiger partial charge is 0.574 e. The van der Waals surface area contributed by atoms with Crippen LogP contribution in [-0.4, -0.2) is 85.4 Å². The Labute approximate surface area is 894 Å². The van der Waals surface area contributed by atoms with Gasteiger partial charge in [-0.1, -0.05) is 326 Å². The molecule has 0 amide bonds. The second-order valence-corrected chi connectivity index (χ2v) is 46.7. The van der Waals surface area contributed by atoms with Gasteiger partial charge in [-0.05, 0) is 137 Å². The second kappa shape index (κ2) is 42.6. The number of benzene rings is 14. The van der Waals surface area contributed by atoms with E-state index in [1.807, 2.05) is 148 Å². The zero-order valence-electron chi connectivity index (χ0n) is 79.9. The fourth-order valence-corrected chi connectivity index (χ4v) is 31.3. The van der Waals surface area contributed by atoms with E-state index in [4.69, 9.17) is 39.9 Å². The maximum absolute atomic E-state index is 5.26. The second-order valence-electron chi connectivity index (χ2n) is 36.5. The van der Waals surface area contributed by atoms with E-state index >= 15 is 0 Å². The predicted molar refractivity (Wildman–Crippen MR) is 585 cm³/mol. The van der Waals surface area contributed by atoms with Crippen molar-refractivity contribution in [2.45, 2.75) is 46.7 Å². The summed E-state index contributed by atoms with van der Waals surface area (Å²) in [6.07, 6.45) is 1.70. The van der Waals surface area contributed by atoms with Crippen LogP contribution in [0.15, 0.2) is 382 Å². The molecule has 16 nitrogen and oxygen atoms in total. The van der Waals surface area contributed by atoms with Crippen molar-refractivity contribution in [3.05, 3.63) is 399 Å². The van der Waals surface area contributed by atoms with Gasteiger partial charge in [0.25, 0.3) is 0 Å². The van der Waals surface area contributed by atoms with Gasteiger partial charge in [0, 0.05) is 89.9 Å². The normalized spacial score (nSPS) is 13.8. The maximum atomic E-state index is 5.26. The molecule has 4 atom stereocenters. The molecule has 4 radical (unpaired) electrons. The summed E-state index contributed by atoms with van der Waals surface area (Å²) in [5.41, 5.74) is 35.0. The number of para-hydroxylation sites is 1. The zero-order valence-corrected chi connectivity index (χ0v) is 94.1. The van der Waals surface area contributed by atoms with Crippen molar-refractivity contribution in [1.82, 2.24) is 80.7 Å². The first-order valence-electron chi connectivity index (χ1n) is 47.0. The third-order valence-corrected chi connectivity index (χ3v) is 37.8. The Bertz CT molecular complexity index is 8500. The molecule has 0 saturated carbocycles.